The molecule has 3 aromatic rings. The Hall–Kier alpha value is -2.42. The quantitative estimate of drug-likeness (QED) is 0.457. The van der Waals surface area contributed by atoms with E-state index >= 15 is 0 Å². The zero-order valence-electron chi connectivity index (χ0n) is 16.8. The number of nitrogens with two attached hydrogens (primary N) is 1. The zero-order chi connectivity index (χ0) is 20.8. The molecule has 4 heteroatoms. The molecule has 0 spiro atoms. The molecule has 3 aromatic carbocycles. The number of nitrogen functional groups attached to an aromatic ring is 1. The van der Waals surface area contributed by atoms with Crippen molar-refractivity contribution in [2.45, 2.75) is 20.8 Å². The van der Waals surface area contributed by atoms with Crippen LogP contribution in [0.3, 0.4) is 0 Å². The summed E-state index contributed by atoms with van der Waals surface area (Å²) in [5.41, 5.74) is 13.3. The van der Waals surface area contributed by atoms with Crippen LogP contribution in [0, 0.1) is 20.8 Å². The first-order chi connectivity index (χ1) is 13.2. The number of para-hydroxylation sites is 1. The smallest absolute Gasteiger partial charge is 0.0437 e. The van der Waals surface area contributed by atoms with Crippen LogP contribution in [0.15, 0.2) is 67.2 Å². The molecule has 0 fully saturated rings. The summed E-state index contributed by atoms with van der Waals surface area (Å²) in [4.78, 5) is 2.10. The molecule has 0 aliphatic heterocycles. The van der Waals surface area contributed by atoms with Gasteiger partial charge in [0.05, 0.1) is 0 Å². The molecular weight excluding hydrogens is 387 g/mol. The number of aryl methyl sites for hydroxylation is 3. The van der Waals surface area contributed by atoms with Crippen LogP contribution in [0.2, 0.25) is 10.0 Å². The molecule has 0 radical (unpaired) electrons. The number of rotatable bonds is 3. The monoisotopic (exact) mass is 412 g/mol. The Morgan fingerprint density at radius 3 is 2.11 bits per heavy atom. The average Bonchev–Trinajstić information content (AvgIpc) is 2.67. The molecule has 0 aromatic heterocycles. The van der Waals surface area contributed by atoms with E-state index in [0.717, 1.165) is 43.8 Å². The van der Waals surface area contributed by atoms with Crippen LogP contribution in [0.4, 0.5) is 11.4 Å². The van der Waals surface area contributed by atoms with Crippen molar-refractivity contribution in [2.75, 3.05) is 17.7 Å². The van der Waals surface area contributed by atoms with Crippen molar-refractivity contribution in [3.63, 3.8) is 0 Å². The number of anilines is 2. The molecule has 0 amide bonds. The fraction of sp³-hybridized carbons (Fsp3) is 0.167. The molecule has 3 rings (SSSR count). The number of nitrogens with zero attached hydrogens (tertiary/aromatic N) is 1. The van der Waals surface area contributed by atoms with Crippen LogP contribution < -0.4 is 10.6 Å². The minimum absolute atomic E-state index is 0.733. The Morgan fingerprint density at radius 1 is 0.857 bits per heavy atom. The summed E-state index contributed by atoms with van der Waals surface area (Å²) >= 11 is 11.4. The summed E-state index contributed by atoms with van der Waals surface area (Å²) in [7, 11) is 2.03. The molecule has 0 aliphatic rings. The van der Waals surface area contributed by atoms with E-state index in [0.29, 0.717) is 0 Å². The molecule has 28 heavy (non-hydrogen) atoms. The second kappa shape index (κ2) is 9.68. The van der Waals surface area contributed by atoms with Crippen LogP contribution >= 0.6 is 23.2 Å². The van der Waals surface area contributed by atoms with Crippen LogP contribution in [0.1, 0.15) is 22.3 Å². The van der Waals surface area contributed by atoms with Crippen molar-refractivity contribution in [1.82, 2.24) is 0 Å². The summed E-state index contributed by atoms with van der Waals surface area (Å²) in [5, 5.41) is 1.50. The number of benzene rings is 3. The molecule has 2 N–H and O–H groups in total. The minimum atomic E-state index is 0.733. The number of halogens is 2. The van der Waals surface area contributed by atoms with Crippen LogP contribution in [0.25, 0.3) is 5.70 Å². The van der Waals surface area contributed by atoms with Gasteiger partial charge in [0.2, 0.25) is 0 Å². The van der Waals surface area contributed by atoms with Crippen LogP contribution in [-0.4, -0.2) is 7.05 Å². The Balaban J connectivity index is 0.000000261. The Bertz CT molecular complexity index is 980. The van der Waals surface area contributed by atoms with Gasteiger partial charge in [-0.15, -0.1) is 0 Å². The average molecular weight is 413 g/mol. The predicted molar refractivity (Wildman–Crippen MR) is 125 cm³/mol. The van der Waals surface area contributed by atoms with E-state index in [9.17, 15) is 0 Å². The Kier molecular flexibility index (Phi) is 7.56. The maximum Gasteiger partial charge on any atom is 0.0437 e. The largest absolute Gasteiger partial charge is 0.398 e. The number of hydrogen-bond acceptors (Lipinski definition) is 2. The molecule has 0 bridgehead atoms. The summed E-state index contributed by atoms with van der Waals surface area (Å²) in [6.45, 7) is 10.2. The van der Waals surface area contributed by atoms with Crippen molar-refractivity contribution in [3.8, 4) is 0 Å². The third kappa shape index (κ3) is 5.54. The van der Waals surface area contributed by atoms with E-state index in [-0.39, 0.29) is 0 Å². The van der Waals surface area contributed by atoms with Crippen molar-refractivity contribution in [3.05, 3.63) is 99.5 Å². The fourth-order valence-electron chi connectivity index (χ4n) is 2.71. The molecule has 0 aliphatic carbocycles. The van der Waals surface area contributed by atoms with Crippen molar-refractivity contribution in [2.24, 2.45) is 0 Å². The molecule has 0 atom stereocenters. The van der Waals surface area contributed by atoms with E-state index in [2.05, 4.69) is 36.6 Å². The molecule has 0 saturated carbocycles. The Labute approximate surface area is 178 Å². The summed E-state index contributed by atoms with van der Waals surface area (Å²) in [6, 6.07) is 19.7. The SMILES string of the molecule is C=C(c1ccc(C)c(N)c1)N(C)c1ccccc1C.Cc1cc(Cl)ccc1Cl. The van der Waals surface area contributed by atoms with E-state index in [1.807, 2.05) is 51.2 Å². The van der Waals surface area contributed by atoms with E-state index in [1.54, 1.807) is 12.1 Å². The second-order valence-electron chi connectivity index (χ2n) is 6.76. The lowest BCUT2D eigenvalue weighted by atomic mass is 10.1. The van der Waals surface area contributed by atoms with Crippen molar-refractivity contribution >= 4 is 40.3 Å². The van der Waals surface area contributed by atoms with Gasteiger partial charge in [-0.05, 0) is 73.4 Å². The lowest BCUT2D eigenvalue weighted by Gasteiger charge is -2.24. The van der Waals surface area contributed by atoms with Gasteiger partial charge in [0.25, 0.3) is 0 Å². The van der Waals surface area contributed by atoms with Gasteiger partial charge in [-0.2, -0.15) is 0 Å². The highest BCUT2D eigenvalue weighted by Crippen LogP contribution is 2.27. The predicted octanol–water partition coefficient (Wildman–Crippen LogP) is 7.29. The first-order valence-corrected chi connectivity index (χ1v) is 9.72. The maximum atomic E-state index is 5.97. The van der Waals surface area contributed by atoms with Gasteiger partial charge in [-0.25, -0.2) is 0 Å². The zero-order valence-corrected chi connectivity index (χ0v) is 18.3. The molecular formula is C24H26Cl2N2. The Morgan fingerprint density at radius 2 is 1.54 bits per heavy atom. The van der Waals surface area contributed by atoms with Crippen molar-refractivity contribution in [1.29, 1.82) is 0 Å². The van der Waals surface area contributed by atoms with Gasteiger partial charge in [0.1, 0.15) is 0 Å². The maximum absolute atomic E-state index is 5.97. The van der Waals surface area contributed by atoms with Gasteiger partial charge < -0.3 is 10.6 Å². The number of hydrogen-bond donors (Lipinski definition) is 1. The second-order valence-corrected chi connectivity index (χ2v) is 7.60. The van der Waals surface area contributed by atoms with Crippen LogP contribution in [-0.2, 0) is 0 Å². The highest BCUT2D eigenvalue weighted by Gasteiger charge is 2.10. The van der Waals surface area contributed by atoms with E-state index in [4.69, 9.17) is 28.9 Å². The third-order valence-electron chi connectivity index (χ3n) is 4.61. The lowest BCUT2D eigenvalue weighted by molar-refractivity contribution is 1.20. The standard InChI is InChI=1S/C17H20N2.C7H6Cl2/c1-12-9-10-15(11-16(12)18)14(3)19(4)17-8-6-5-7-13(17)2;1-5-4-6(8)2-3-7(5)9/h5-11H,3,18H2,1-2,4H3;2-4H,1H3. The van der Waals surface area contributed by atoms with Gasteiger partial charge in [-0.3, -0.25) is 0 Å². The topological polar surface area (TPSA) is 29.3 Å². The van der Waals surface area contributed by atoms with Crippen LogP contribution in [0.5, 0.6) is 0 Å². The van der Waals surface area contributed by atoms with E-state index < -0.39 is 0 Å². The summed E-state index contributed by atoms with van der Waals surface area (Å²) < 4.78 is 0. The minimum Gasteiger partial charge on any atom is -0.398 e. The van der Waals surface area contributed by atoms with Crippen molar-refractivity contribution < 1.29 is 0 Å². The summed E-state index contributed by atoms with van der Waals surface area (Å²) in [5.74, 6) is 0. The molecule has 0 unspecified atom stereocenters. The normalized spacial score (nSPS) is 10.1. The van der Waals surface area contributed by atoms with Gasteiger partial charge in [0.15, 0.2) is 0 Å². The molecule has 0 heterocycles. The van der Waals surface area contributed by atoms with Gasteiger partial charge in [-0.1, -0.05) is 60.1 Å². The van der Waals surface area contributed by atoms with Gasteiger partial charge in [0, 0.05) is 34.2 Å². The first kappa shape index (κ1) is 21.9. The summed E-state index contributed by atoms with van der Waals surface area (Å²) in [6.07, 6.45) is 0. The fourth-order valence-corrected chi connectivity index (χ4v) is 3.05. The first-order valence-electron chi connectivity index (χ1n) is 8.97. The molecule has 146 valence electrons. The highest BCUT2D eigenvalue weighted by molar-refractivity contribution is 6.33. The molecule has 0 saturated heterocycles. The van der Waals surface area contributed by atoms with Gasteiger partial charge >= 0.3 is 0 Å². The highest BCUT2D eigenvalue weighted by atomic mass is 35.5. The van der Waals surface area contributed by atoms with E-state index in [1.165, 1.54) is 5.56 Å². The lowest BCUT2D eigenvalue weighted by Crippen LogP contribution is -2.15. The molecule has 2 nitrogen and oxygen atoms in total. The third-order valence-corrected chi connectivity index (χ3v) is 5.27.